The Balaban J connectivity index is 1.67. The van der Waals surface area contributed by atoms with Crippen LogP contribution in [-0.4, -0.2) is 40.4 Å². The largest absolute Gasteiger partial charge is 0.468 e. The number of imide groups is 1. The van der Waals surface area contributed by atoms with Gasteiger partial charge in [-0.3, -0.25) is 14.6 Å². The molecule has 132 valence electrons. The summed E-state index contributed by atoms with van der Waals surface area (Å²) in [5, 5.41) is 2.71. The van der Waals surface area contributed by atoms with Gasteiger partial charge in [0.15, 0.2) is 0 Å². The van der Waals surface area contributed by atoms with Crippen LogP contribution in [0.4, 0.5) is 4.79 Å². The van der Waals surface area contributed by atoms with Crippen molar-refractivity contribution in [3.8, 4) is 0 Å². The molecule has 0 unspecified atom stereocenters. The molecular formula is C19H23N3O3. The molecule has 6 nitrogen and oxygen atoms in total. The van der Waals surface area contributed by atoms with E-state index in [1.165, 1.54) is 10.5 Å². The number of amides is 3. The van der Waals surface area contributed by atoms with Crippen LogP contribution in [0, 0.1) is 0 Å². The summed E-state index contributed by atoms with van der Waals surface area (Å²) in [4.78, 5) is 27.8. The fourth-order valence-corrected chi connectivity index (χ4v) is 2.94. The molecule has 0 atom stereocenters. The molecule has 0 bridgehead atoms. The summed E-state index contributed by atoms with van der Waals surface area (Å²) >= 11 is 0. The molecule has 25 heavy (non-hydrogen) atoms. The summed E-state index contributed by atoms with van der Waals surface area (Å²) in [6.45, 7) is 5.70. The van der Waals surface area contributed by atoms with Crippen LogP contribution in [0.2, 0.25) is 0 Å². The SMILES string of the molecule is CC1(C)NC(=O)N(CCN(Cc2ccccc2)Cc2ccco2)C1=O. The third kappa shape index (κ3) is 4.09. The lowest BCUT2D eigenvalue weighted by molar-refractivity contribution is -0.130. The fraction of sp³-hybridized carbons (Fsp3) is 0.368. The lowest BCUT2D eigenvalue weighted by atomic mass is 10.1. The zero-order chi connectivity index (χ0) is 17.9. The Kier molecular flexibility index (Phi) is 4.90. The first-order valence-electron chi connectivity index (χ1n) is 8.38. The Morgan fingerprint density at radius 3 is 2.44 bits per heavy atom. The van der Waals surface area contributed by atoms with Crippen LogP contribution in [0.5, 0.6) is 0 Å². The van der Waals surface area contributed by atoms with Crippen LogP contribution in [0.1, 0.15) is 25.2 Å². The third-order valence-electron chi connectivity index (χ3n) is 4.29. The standard InChI is InChI=1S/C19H23N3O3/c1-19(2)17(23)22(18(24)20-19)11-10-21(14-16-9-6-12-25-16)13-15-7-4-3-5-8-15/h3-9,12H,10-11,13-14H2,1-2H3,(H,20,24). The number of carbonyl (C=O) groups excluding carboxylic acids is 2. The van der Waals surface area contributed by atoms with Gasteiger partial charge in [0, 0.05) is 19.6 Å². The van der Waals surface area contributed by atoms with E-state index in [0.717, 1.165) is 5.76 Å². The molecule has 0 aliphatic carbocycles. The number of nitrogens with zero attached hydrogens (tertiary/aromatic N) is 2. The molecule has 2 heterocycles. The molecule has 0 saturated carbocycles. The van der Waals surface area contributed by atoms with E-state index >= 15 is 0 Å². The molecule has 0 radical (unpaired) electrons. The van der Waals surface area contributed by atoms with Gasteiger partial charge in [0.05, 0.1) is 12.8 Å². The highest BCUT2D eigenvalue weighted by atomic mass is 16.3. The molecule has 3 amide bonds. The minimum atomic E-state index is -0.831. The van der Waals surface area contributed by atoms with Crippen LogP contribution in [0.15, 0.2) is 53.1 Å². The third-order valence-corrected chi connectivity index (χ3v) is 4.29. The smallest absolute Gasteiger partial charge is 0.325 e. The van der Waals surface area contributed by atoms with Gasteiger partial charge in [-0.15, -0.1) is 0 Å². The van der Waals surface area contributed by atoms with Crippen molar-refractivity contribution in [2.75, 3.05) is 13.1 Å². The van der Waals surface area contributed by atoms with E-state index in [0.29, 0.717) is 26.2 Å². The molecule has 6 heteroatoms. The minimum absolute atomic E-state index is 0.185. The normalized spacial score (nSPS) is 16.5. The molecule has 3 rings (SSSR count). The van der Waals surface area contributed by atoms with Crippen molar-refractivity contribution in [2.24, 2.45) is 0 Å². The number of hydrogen-bond donors (Lipinski definition) is 1. The Morgan fingerprint density at radius 2 is 1.84 bits per heavy atom. The van der Waals surface area contributed by atoms with Crippen LogP contribution >= 0.6 is 0 Å². The van der Waals surface area contributed by atoms with E-state index < -0.39 is 5.54 Å². The predicted octanol–water partition coefficient (Wildman–Crippen LogP) is 2.61. The number of carbonyl (C=O) groups is 2. The number of rotatable bonds is 7. The quantitative estimate of drug-likeness (QED) is 0.786. The number of urea groups is 1. The van der Waals surface area contributed by atoms with Gasteiger partial charge in [-0.25, -0.2) is 4.79 Å². The van der Waals surface area contributed by atoms with Crippen LogP contribution < -0.4 is 5.32 Å². The maximum absolute atomic E-state index is 12.3. The molecule has 2 aromatic rings. The lowest BCUT2D eigenvalue weighted by Gasteiger charge is -2.24. The van der Waals surface area contributed by atoms with Crippen molar-refractivity contribution >= 4 is 11.9 Å². The highest BCUT2D eigenvalue weighted by Crippen LogP contribution is 2.17. The topological polar surface area (TPSA) is 65.8 Å². The zero-order valence-electron chi connectivity index (χ0n) is 14.6. The Hall–Kier alpha value is -2.60. The van der Waals surface area contributed by atoms with Crippen LogP contribution in [-0.2, 0) is 17.9 Å². The molecule has 0 spiro atoms. The van der Waals surface area contributed by atoms with E-state index in [9.17, 15) is 9.59 Å². The molecule has 1 aliphatic rings. The van der Waals surface area contributed by atoms with E-state index in [1.54, 1.807) is 20.1 Å². The summed E-state index contributed by atoms with van der Waals surface area (Å²) in [6.07, 6.45) is 1.65. The zero-order valence-corrected chi connectivity index (χ0v) is 14.6. The lowest BCUT2D eigenvalue weighted by Crippen LogP contribution is -2.41. The van der Waals surface area contributed by atoms with Crippen LogP contribution in [0.25, 0.3) is 0 Å². The average molecular weight is 341 g/mol. The maximum atomic E-state index is 12.3. The van der Waals surface area contributed by atoms with Gasteiger partial charge >= 0.3 is 6.03 Å². The second-order valence-electron chi connectivity index (χ2n) is 6.79. The number of hydrogen-bond acceptors (Lipinski definition) is 4. The van der Waals surface area contributed by atoms with Crippen molar-refractivity contribution in [1.82, 2.24) is 15.1 Å². The van der Waals surface area contributed by atoms with E-state index in [2.05, 4.69) is 22.3 Å². The van der Waals surface area contributed by atoms with Crippen molar-refractivity contribution in [1.29, 1.82) is 0 Å². The summed E-state index contributed by atoms with van der Waals surface area (Å²) < 4.78 is 5.45. The van der Waals surface area contributed by atoms with Gasteiger partial charge in [0.1, 0.15) is 11.3 Å². The molecule has 1 aliphatic heterocycles. The summed E-state index contributed by atoms with van der Waals surface area (Å²) in [5.74, 6) is 0.670. The highest BCUT2D eigenvalue weighted by molar-refractivity contribution is 6.06. The number of nitrogens with one attached hydrogen (secondary N) is 1. The maximum Gasteiger partial charge on any atom is 0.325 e. The Bertz CT molecular complexity index is 726. The van der Waals surface area contributed by atoms with Crippen molar-refractivity contribution < 1.29 is 14.0 Å². The van der Waals surface area contributed by atoms with E-state index in [4.69, 9.17) is 4.42 Å². The van der Waals surface area contributed by atoms with Gasteiger partial charge in [-0.05, 0) is 31.5 Å². The molecule has 1 aromatic carbocycles. The van der Waals surface area contributed by atoms with Crippen molar-refractivity contribution in [3.05, 3.63) is 60.1 Å². The molecular weight excluding hydrogens is 318 g/mol. The summed E-state index contributed by atoms with van der Waals surface area (Å²) in [6, 6.07) is 13.6. The van der Waals surface area contributed by atoms with Gasteiger partial charge < -0.3 is 9.73 Å². The molecule has 1 N–H and O–H groups in total. The van der Waals surface area contributed by atoms with E-state index in [-0.39, 0.29) is 11.9 Å². The fourth-order valence-electron chi connectivity index (χ4n) is 2.94. The predicted molar refractivity (Wildman–Crippen MR) is 93.6 cm³/mol. The van der Waals surface area contributed by atoms with Crippen molar-refractivity contribution in [2.45, 2.75) is 32.5 Å². The van der Waals surface area contributed by atoms with Gasteiger partial charge in [0.2, 0.25) is 0 Å². The first-order chi connectivity index (χ1) is 12.0. The van der Waals surface area contributed by atoms with Gasteiger partial charge in [-0.2, -0.15) is 0 Å². The average Bonchev–Trinajstić information content (AvgIpc) is 3.14. The number of benzene rings is 1. The molecule has 1 fully saturated rings. The van der Waals surface area contributed by atoms with Crippen LogP contribution in [0.3, 0.4) is 0 Å². The van der Waals surface area contributed by atoms with Crippen molar-refractivity contribution in [3.63, 3.8) is 0 Å². The first-order valence-corrected chi connectivity index (χ1v) is 8.38. The van der Waals surface area contributed by atoms with E-state index in [1.807, 2.05) is 30.3 Å². The number of furan rings is 1. The summed E-state index contributed by atoms with van der Waals surface area (Å²) in [7, 11) is 0. The van der Waals surface area contributed by atoms with Gasteiger partial charge in [-0.1, -0.05) is 30.3 Å². The Morgan fingerprint density at radius 1 is 1.08 bits per heavy atom. The summed E-state index contributed by atoms with van der Waals surface area (Å²) in [5.41, 5.74) is 0.342. The second kappa shape index (κ2) is 7.11. The first kappa shape index (κ1) is 17.2. The van der Waals surface area contributed by atoms with Gasteiger partial charge in [0.25, 0.3) is 5.91 Å². The molecule has 1 aromatic heterocycles. The second-order valence-corrected chi connectivity index (χ2v) is 6.79. The Labute approximate surface area is 147 Å². The highest BCUT2D eigenvalue weighted by Gasteiger charge is 2.43. The molecule has 1 saturated heterocycles. The monoisotopic (exact) mass is 341 g/mol. The minimum Gasteiger partial charge on any atom is -0.468 e.